The van der Waals surface area contributed by atoms with Crippen LogP contribution in [-0.2, 0) is 4.74 Å². The summed E-state index contributed by atoms with van der Waals surface area (Å²) >= 11 is 0. The molecule has 3 nitrogen and oxygen atoms in total. The van der Waals surface area contributed by atoms with Gasteiger partial charge in [-0.1, -0.05) is 0 Å². The van der Waals surface area contributed by atoms with Crippen molar-refractivity contribution in [1.29, 1.82) is 0 Å². The zero-order valence-electron chi connectivity index (χ0n) is 10.8. The third kappa shape index (κ3) is 2.82. The third-order valence-electron chi connectivity index (χ3n) is 3.68. The summed E-state index contributed by atoms with van der Waals surface area (Å²) in [5.74, 6) is -0.200. The van der Waals surface area contributed by atoms with Crippen molar-refractivity contribution in [2.24, 2.45) is 0 Å². The molecule has 0 aromatic heterocycles. The summed E-state index contributed by atoms with van der Waals surface area (Å²) in [6.45, 7) is 1.93. The van der Waals surface area contributed by atoms with Gasteiger partial charge in [0.15, 0.2) is 0 Å². The molecule has 3 unspecified atom stereocenters. The fourth-order valence-corrected chi connectivity index (χ4v) is 2.68. The van der Waals surface area contributed by atoms with E-state index >= 15 is 0 Å². The van der Waals surface area contributed by atoms with Crippen molar-refractivity contribution in [1.82, 2.24) is 5.32 Å². The second-order valence-electron chi connectivity index (χ2n) is 4.90. The van der Waals surface area contributed by atoms with Crippen molar-refractivity contribution >= 4 is 0 Å². The van der Waals surface area contributed by atoms with E-state index in [4.69, 9.17) is 4.74 Å². The van der Waals surface area contributed by atoms with Crippen molar-refractivity contribution in [2.45, 2.75) is 44.4 Å². The summed E-state index contributed by atoms with van der Waals surface area (Å²) in [5.41, 5.74) is 0.594. The molecule has 4 heteroatoms. The maximum absolute atomic E-state index is 13.2. The van der Waals surface area contributed by atoms with Crippen molar-refractivity contribution in [3.63, 3.8) is 0 Å². The van der Waals surface area contributed by atoms with Crippen LogP contribution in [0.5, 0.6) is 5.75 Å². The highest BCUT2D eigenvalue weighted by Crippen LogP contribution is 2.28. The van der Waals surface area contributed by atoms with Gasteiger partial charge in [-0.2, -0.15) is 0 Å². The van der Waals surface area contributed by atoms with E-state index in [1.54, 1.807) is 7.11 Å². The number of halogens is 1. The Morgan fingerprint density at radius 3 is 2.94 bits per heavy atom. The van der Waals surface area contributed by atoms with E-state index in [2.05, 4.69) is 5.32 Å². The Morgan fingerprint density at radius 2 is 2.22 bits per heavy atom. The Morgan fingerprint density at radius 1 is 1.44 bits per heavy atom. The molecule has 1 saturated carbocycles. The molecule has 0 radical (unpaired) electrons. The lowest BCUT2D eigenvalue weighted by molar-refractivity contribution is 0.0818. The minimum atomic E-state index is -0.328. The van der Waals surface area contributed by atoms with Gasteiger partial charge in [-0.05, 0) is 44.4 Å². The summed E-state index contributed by atoms with van der Waals surface area (Å²) in [4.78, 5) is 0. The van der Waals surface area contributed by atoms with E-state index in [-0.39, 0.29) is 29.8 Å². The molecule has 18 heavy (non-hydrogen) atoms. The van der Waals surface area contributed by atoms with Gasteiger partial charge in [0.05, 0.1) is 6.10 Å². The molecule has 1 aromatic rings. The molecule has 0 aliphatic heterocycles. The minimum Gasteiger partial charge on any atom is -0.508 e. The molecule has 1 aliphatic carbocycles. The summed E-state index contributed by atoms with van der Waals surface area (Å²) < 4.78 is 18.6. The van der Waals surface area contributed by atoms with E-state index < -0.39 is 0 Å². The van der Waals surface area contributed by atoms with Gasteiger partial charge in [-0.25, -0.2) is 4.39 Å². The van der Waals surface area contributed by atoms with Crippen LogP contribution < -0.4 is 5.32 Å². The van der Waals surface area contributed by atoms with Gasteiger partial charge in [0.25, 0.3) is 0 Å². The zero-order valence-corrected chi connectivity index (χ0v) is 10.8. The topological polar surface area (TPSA) is 41.5 Å². The average molecular weight is 253 g/mol. The first-order valence-corrected chi connectivity index (χ1v) is 6.39. The largest absolute Gasteiger partial charge is 0.508 e. The van der Waals surface area contributed by atoms with Crippen LogP contribution in [0.3, 0.4) is 0 Å². The number of hydrogen-bond acceptors (Lipinski definition) is 3. The lowest BCUT2D eigenvalue weighted by Gasteiger charge is -2.24. The lowest BCUT2D eigenvalue weighted by Crippen LogP contribution is -2.38. The maximum Gasteiger partial charge on any atom is 0.123 e. The molecule has 1 aliphatic rings. The van der Waals surface area contributed by atoms with Gasteiger partial charge < -0.3 is 15.2 Å². The van der Waals surface area contributed by atoms with Crippen LogP contribution in [0.2, 0.25) is 0 Å². The molecule has 1 fully saturated rings. The highest BCUT2D eigenvalue weighted by Gasteiger charge is 2.28. The highest BCUT2D eigenvalue weighted by atomic mass is 19.1. The number of hydrogen-bond donors (Lipinski definition) is 2. The molecule has 3 atom stereocenters. The number of nitrogens with one attached hydrogen (secondary N) is 1. The maximum atomic E-state index is 13.2. The molecular weight excluding hydrogens is 233 g/mol. The van der Waals surface area contributed by atoms with Gasteiger partial charge in [0.1, 0.15) is 11.6 Å². The first-order valence-electron chi connectivity index (χ1n) is 6.39. The fraction of sp³-hybridized carbons (Fsp3) is 0.571. The SMILES string of the molecule is COC1CCCC1NC(C)c1cc(F)ccc1O. The Labute approximate surface area is 107 Å². The van der Waals surface area contributed by atoms with Crippen molar-refractivity contribution in [3.05, 3.63) is 29.6 Å². The molecule has 0 saturated heterocycles. The lowest BCUT2D eigenvalue weighted by atomic mass is 10.0. The van der Waals surface area contributed by atoms with Crippen LogP contribution in [0.1, 0.15) is 37.8 Å². The average Bonchev–Trinajstić information content (AvgIpc) is 2.79. The number of rotatable bonds is 4. The summed E-state index contributed by atoms with van der Waals surface area (Å²) in [6, 6.07) is 4.21. The van der Waals surface area contributed by atoms with Gasteiger partial charge >= 0.3 is 0 Å². The molecule has 1 aromatic carbocycles. The van der Waals surface area contributed by atoms with Gasteiger partial charge in [0, 0.05) is 24.8 Å². The van der Waals surface area contributed by atoms with Crippen LogP contribution in [0.15, 0.2) is 18.2 Å². The molecule has 0 spiro atoms. The van der Waals surface area contributed by atoms with E-state index in [1.807, 2.05) is 6.92 Å². The minimum absolute atomic E-state index is 0.0959. The first-order chi connectivity index (χ1) is 8.61. The Kier molecular flexibility index (Phi) is 4.19. The number of benzene rings is 1. The number of methoxy groups -OCH3 is 1. The van der Waals surface area contributed by atoms with Crippen LogP contribution in [0.4, 0.5) is 4.39 Å². The van der Waals surface area contributed by atoms with Crippen molar-refractivity contribution < 1.29 is 14.2 Å². The van der Waals surface area contributed by atoms with Gasteiger partial charge in [-0.3, -0.25) is 0 Å². The predicted molar refractivity (Wildman–Crippen MR) is 68.1 cm³/mol. The van der Waals surface area contributed by atoms with E-state index in [0.29, 0.717) is 5.56 Å². The zero-order chi connectivity index (χ0) is 13.1. The van der Waals surface area contributed by atoms with Crippen LogP contribution in [0.25, 0.3) is 0 Å². The Bertz CT molecular complexity index is 411. The number of aromatic hydroxyl groups is 1. The van der Waals surface area contributed by atoms with Crippen molar-refractivity contribution in [2.75, 3.05) is 7.11 Å². The number of phenols is 1. The van der Waals surface area contributed by atoms with Crippen LogP contribution in [0, 0.1) is 5.82 Å². The summed E-state index contributed by atoms with van der Waals surface area (Å²) in [6.07, 6.45) is 3.45. The van der Waals surface area contributed by atoms with E-state index in [0.717, 1.165) is 19.3 Å². The smallest absolute Gasteiger partial charge is 0.123 e. The molecule has 2 rings (SSSR count). The molecular formula is C14H20FNO2. The molecule has 0 amide bonds. The van der Waals surface area contributed by atoms with Gasteiger partial charge in [0.2, 0.25) is 0 Å². The predicted octanol–water partition coefficient (Wildman–Crippen LogP) is 2.75. The van der Waals surface area contributed by atoms with E-state index in [1.165, 1.54) is 18.2 Å². The molecule has 100 valence electrons. The highest BCUT2D eigenvalue weighted by molar-refractivity contribution is 5.35. The second kappa shape index (κ2) is 5.67. The normalized spacial score (nSPS) is 25.3. The summed E-state index contributed by atoms with van der Waals surface area (Å²) in [7, 11) is 1.72. The Balaban J connectivity index is 2.07. The fourth-order valence-electron chi connectivity index (χ4n) is 2.68. The quantitative estimate of drug-likeness (QED) is 0.867. The standard InChI is InChI=1S/C14H20FNO2/c1-9(11-8-10(15)6-7-13(11)17)16-12-4-3-5-14(12)18-2/h6-9,12,14,16-17H,3-5H2,1-2H3. The molecule has 0 heterocycles. The second-order valence-corrected chi connectivity index (χ2v) is 4.90. The Hall–Kier alpha value is -1.13. The molecule has 2 N–H and O–H groups in total. The number of ether oxygens (including phenoxy) is 1. The van der Waals surface area contributed by atoms with Crippen molar-refractivity contribution in [3.8, 4) is 5.75 Å². The molecule has 0 bridgehead atoms. The first kappa shape index (κ1) is 13.3. The number of phenolic OH excluding ortho intramolecular Hbond substituents is 1. The van der Waals surface area contributed by atoms with E-state index in [9.17, 15) is 9.50 Å². The third-order valence-corrected chi connectivity index (χ3v) is 3.68. The monoisotopic (exact) mass is 253 g/mol. The summed E-state index contributed by atoms with van der Waals surface area (Å²) in [5, 5.41) is 13.2. The van der Waals surface area contributed by atoms with Crippen LogP contribution >= 0.6 is 0 Å². The van der Waals surface area contributed by atoms with Crippen LogP contribution in [-0.4, -0.2) is 24.4 Å². The van der Waals surface area contributed by atoms with Gasteiger partial charge in [-0.15, -0.1) is 0 Å².